The highest BCUT2D eigenvalue weighted by Crippen LogP contribution is 2.26. The molecule has 1 aliphatic carbocycles. The van der Waals surface area contributed by atoms with Gasteiger partial charge in [-0.3, -0.25) is 4.79 Å². The Morgan fingerprint density at radius 1 is 1.40 bits per heavy atom. The van der Waals surface area contributed by atoms with Crippen LogP contribution in [0.5, 0.6) is 0 Å². The molecule has 1 aliphatic rings. The third kappa shape index (κ3) is 3.82. The van der Waals surface area contributed by atoms with Crippen LogP contribution in [0, 0.1) is 17.2 Å². The van der Waals surface area contributed by atoms with Gasteiger partial charge in [-0.25, -0.2) is 0 Å². The number of carbonyl (C=O) groups excluding carboxylic acids is 1. The van der Waals surface area contributed by atoms with E-state index in [2.05, 4.69) is 5.32 Å². The maximum atomic E-state index is 12.0. The predicted molar refractivity (Wildman–Crippen MR) is 76.1 cm³/mol. The molecule has 4 heteroatoms. The van der Waals surface area contributed by atoms with Crippen LogP contribution in [0.4, 0.5) is 0 Å². The lowest BCUT2D eigenvalue weighted by molar-refractivity contribution is 0.0738. The molecule has 0 aliphatic heterocycles. The molecule has 1 aromatic carbocycles. The number of aliphatic hydroxyl groups excluding tert-OH is 1. The highest BCUT2D eigenvalue weighted by Gasteiger charge is 2.22. The van der Waals surface area contributed by atoms with Crippen molar-refractivity contribution in [3.05, 3.63) is 35.4 Å². The number of aliphatic hydroxyl groups is 1. The molecule has 0 heterocycles. The van der Waals surface area contributed by atoms with Crippen molar-refractivity contribution in [3.8, 4) is 6.07 Å². The largest absolute Gasteiger partial charge is 0.391 e. The van der Waals surface area contributed by atoms with Crippen LogP contribution in [-0.4, -0.2) is 23.7 Å². The summed E-state index contributed by atoms with van der Waals surface area (Å²) in [5.41, 5.74) is 0.922. The van der Waals surface area contributed by atoms with Crippen LogP contribution in [-0.2, 0) is 0 Å². The summed E-state index contributed by atoms with van der Waals surface area (Å²) in [5, 5.41) is 21.7. The number of hydrogen-bond donors (Lipinski definition) is 2. The SMILES string of the molecule is N#Cc1cccc(C(=O)NC[C@H](O)C2CCCCC2)c1. The van der Waals surface area contributed by atoms with Gasteiger partial charge in [-0.2, -0.15) is 5.26 Å². The Hall–Kier alpha value is -1.86. The number of rotatable bonds is 4. The summed E-state index contributed by atoms with van der Waals surface area (Å²) in [5.74, 6) is 0.0615. The van der Waals surface area contributed by atoms with Gasteiger partial charge in [0.05, 0.1) is 17.7 Å². The van der Waals surface area contributed by atoms with Gasteiger partial charge < -0.3 is 10.4 Å². The summed E-state index contributed by atoms with van der Waals surface area (Å²) in [6, 6.07) is 8.58. The smallest absolute Gasteiger partial charge is 0.251 e. The van der Waals surface area contributed by atoms with Gasteiger partial charge in [-0.15, -0.1) is 0 Å². The van der Waals surface area contributed by atoms with Crippen molar-refractivity contribution in [3.63, 3.8) is 0 Å². The minimum absolute atomic E-state index is 0.239. The molecule has 0 bridgehead atoms. The second kappa shape index (κ2) is 7.06. The third-order valence-corrected chi connectivity index (χ3v) is 3.92. The van der Waals surface area contributed by atoms with Crippen molar-refractivity contribution in [1.29, 1.82) is 5.26 Å². The first kappa shape index (κ1) is 14.5. The van der Waals surface area contributed by atoms with Crippen LogP contribution in [0.15, 0.2) is 24.3 Å². The minimum atomic E-state index is -0.474. The normalized spacial score (nSPS) is 17.2. The Morgan fingerprint density at radius 2 is 2.15 bits per heavy atom. The molecule has 0 aromatic heterocycles. The van der Waals surface area contributed by atoms with Crippen LogP contribution in [0.2, 0.25) is 0 Å². The van der Waals surface area contributed by atoms with Gasteiger partial charge >= 0.3 is 0 Å². The third-order valence-electron chi connectivity index (χ3n) is 3.92. The molecule has 106 valence electrons. The minimum Gasteiger partial charge on any atom is -0.391 e. The molecule has 2 N–H and O–H groups in total. The van der Waals surface area contributed by atoms with Gasteiger partial charge in [0.15, 0.2) is 0 Å². The Bertz CT molecular complexity index is 501. The standard InChI is InChI=1S/C16H20N2O2/c17-10-12-5-4-8-14(9-12)16(20)18-11-15(19)13-6-2-1-3-7-13/h4-5,8-9,13,15,19H,1-3,6-7,11H2,(H,18,20)/t15-/m0/s1. The lowest BCUT2D eigenvalue weighted by atomic mass is 9.85. The lowest BCUT2D eigenvalue weighted by Crippen LogP contribution is -2.37. The van der Waals surface area contributed by atoms with E-state index in [0.29, 0.717) is 17.0 Å². The monoisotopic (exact) mass is 272 g/mol. The quantitative estimate of drug-likeness (QED) is 0.882. The molecular formula is C16H20N2O2. The van der Waals surface area contributed by atoms with Crippen molar-refractivity contribution < 1.29 is 9.90 Å². The first-order chi connectivity index (χ1) is 9.70. The molecule has 1 atom stereocenters. The maximum Gasteiger partial charge on any atom is 0.251 e. The van der Waals surface area contributed by atoms with Crippen molar-refractivity contribution in [2.45, 2.75) is 38.2 Å². The molecule has 4 nitrogen and oxygen atoms in total. The Morgan fingerprint density at radius 3 is 2.85 bits per heavy atom. The summed E-state index contributed by atoms with van der Waals surface area (Å²) in [4.78, 5) is 12.0. The van der Waals surface area contributed by atoms with E-state index in [4.69, 9.17) is 5.26 Å². The van der Waals surface area contributed by atoms with E-state index in [-0.39, 0.29) is 12.5 Å². The number of benzene rings is 1. The van der Waals surface area contributed by atoms with E-state index in [1.165, 1.54) is 19.3 Å². The van der Waals surface area contributed by atoms with Gasteiger partial charge in [0, 0.05) is 12.1 Å². The molecule has 0 spiro atoms. The fourth-order valence-corrected chi connectivity index (χ4v) is 2.71. The average molecular weight is 272 g/mol. The number of nitrogens with zero attached hydrogens (tertiary/aromatic N) is 1. The van der Waals surface area contributed by atoms with Crippen LogP contribution in [0.25, 0.3) is 0 Å². The van der Waals surface area contributed by atoms with Crippen LogP contribution < -0.4 is 5.32 Å². The van der Waals surface area contributed by atoms with Crippen molar-refractivity contribution in [2.24, 2.45) is 5.92 Å². The molecule has 2 rings (SSSR count). The summed E-state index contributed by atoms with van der Waals surface area (Å²) >= 11 is 0. The topological polar surface area (TPSA) is 73.1 Å². The van der Waals surface area contributed by atoms with Gasteiger partial charge in [-0.1, -0.05) is 25.3 Å². The summed E-state index contributed by atoms with van der Waals surface area (Å²) < 4.78 is 0. The van der Waals surface area contributed by atoms with Gasteiger partial charge in [0.1, 0.15) is 0 Å². The number of carbonyl (C=O) groups is 1. The Kier molecular flexibility index (Phi) is 5.14. The Labute approximate surface area is 119 Å². The second-order valence-corrected chi connectivity index (χ2v) is 5.37. The number of hydrogen-bond acceptors (Lipinski definition) is 3. The van der Waals surface area contributed by atoms with Crippen LogP contribution >= 0.6 is 0 Å². The van der Waals surface area contributed by atoms with E-state index < -0.39 is 6.10 Å². The number of nitriles is 1. The summed E-state index contributed by atoms with van der Waals surface area (Å²) in [7, 11) is 0. The van der Waals surface area contributed by atoms with E-state index >= 15 is 0 Å². The van der Waals surface area contributed by atoms with Crippen LogP contribution in [0.1, 0.15) is 48.0 Å². The molecule has 0 unspecified atom stereocenters. The van der Waals surface area contributed by atoms with Crippen molar-refractivity contribution >= 4 is 5.91 Å². The van der Waals surface area contributed by atoms with Crippen LogP contribution in [0.3, 0.4) is 0 Å². The van der Waals surface area contributed by atoms with E-state index in [9.17, 15) is 9.90 Å². The Balaban J connectivity index is 1.86. The maximum absolute atomic E-state index is 12.0. The zero-order chi connectivity index (χ0) is 14.4. The lowest BCUT2D eigenvalue weighted by Gasteiger charge is -2.26. The average Bonchev–Trinajstić information content (AvgIpc) is 2.53. The fraction of sp³-hybridized carbons (Fsp3) is 0.500. The molecule has 0 saturated heterocycles. The highest BCUT2D eigenvalue weighted by molar-refractivity contribution is 5.94. The van der Waals surface area contributed by atoms with Gasteiger partial charge in [0.25, 0.3) is 5.91 Å². The first-order valence-corrected chi connectivity index (χ1v) is 7.17. The van der Waals surface area contributed by atoms with E-state index in [0.717, 1.165) is 12.8 Å². The number of amides is 1. The molecule has 1 saturated carbocycles. The van der Waals surface area contributed by atoms with Crippen molar-refractivity contribution in [1.82, 2.24) is 5.32 Å². The predicted octanol–water partition coefficient (Wildman–Crippen LogP) is 2.23. The summed E-state index contributed by atoms with van der Waals surface area (Å²) in [6.07, 6.45) is 5.19. The van der Waals surface area contributed by atoms with Crippen molar-refractivity contribution in [2.75, 3.05) is 6.54 Å². The zero-order valence-electron chi connectivity index (χ0n) is 11.5. The van der Waals surface area contributed by atoms with Gasteiger partial charge in [0.2, 0.25) is 0 Å². The molecule has 1 amide bonds. The molecule has 1 fully saturated rings. The highest BCUT2D eigenvalue weighted by atomic mass is 16.3. The van der Waals surface area contributed by atoms with Gasteiger partial charge in [-0.05, 0) is 37.0 Å². The molecular weight excluding hydrogens is 252 g/mol. The molecule has 0 radical (unpaired) electrons. The van der Waals surface area contributed by atoms with E-state index in [1.54, 1.807) is 24.3 Å². The molecule has 1 aromatic rings. The second-order valence-electron chi connectivity index (χ2n) is 5.37. The number of nitrogens with one attached hydrogen (secondary N) is 1. The fourth-order valence-electron chi connectivity index (χ4n) is 2.71. The zero-order valence-corrected chi connectivity index (χ0v) is 11.5. The summed E-state index contributed by atoms with van der Waals surface area (Å²) in [6.45, 7) is 0.278. The van der Waals surface area contributed by atoms with E-state index in [1.807, 2.05) is 6.07 Å². The molecule has 20 heavy (non-hydrogen) atoms. The first-order valence-electron chi connectivity index (χ1n) is 7.17.